The van der Waals surface area contributed by atoms with Crippen LogP contribution in [0.5, 0.6) is 0 Å². The van der Waals surface area contributed by atoms with Gasteiger partial charge >= 0.3 is 0 Å². The normalized spacial score (nSPS) is 12.2. The molecule has 1 amide bonds. The fourth-order valence-electron chi connectivity index (χ4n) is 2.10. The van der Waals surface area contributed by atoms with Gasteiger partial charge in [-0.15, -0.1) is 0 Å². The fraction of sp³-hybridized carbons (Fsp3) is 0.533. The first-order valence-corrected chi connectivity index (χ1v) is 6.92. The molecule has 4 nitrogen and oxygen atoms in total. The molecule has 0 bridgehead atoms. The van der Waals surface area contributed by atoms with Gasteiger partial charge in [0.15, 0.2) is 0 Å². The number of anilines is 1. The quantitative estimate of drug-likeness (QED) is 0.750. The number of carbonyl (C=O) groups excluding carboxylic acids is 1. The maximum Gasteiger partial charge on any atom is 0.234 e. The van der Waals surface area contributed by atoms with Crippen molar-refractivity contribution in [3.8, 4) is 0 Å². The molecule has 0 saturated carbocycles. The third-order valence-corrected chi connectivity index (χ3v) is 3.26. The van der Waals surface area contributed by atoms with Crippen LogP contribution < -0.4 is 16.0 Å². The van der Waals surface area contributed by atoms with Gasteiger partial charge in [0.2, 0.25) is 5.91 Å². The van der Waals surface area contributed by atoms with Crippen LogP contribution in [0.4, 0.5) is 5.69 Å². The Morgan fingerprint density at radius 1 is 1.32 bits per heavy atom. The summed E-state index contributed by atoms with van der Waals surface area (Å²) in [5.74, 6) is -0.276. The Morgan fingerprint density at radius 2 is 1.95 bits per heavy atom. The first-order valence-electron chi connectivity index (χ1n) is 6.92. The van der Waals surface area contributed by atoms with E-state index in [9.17, 15) is 4.79 Å². The van der Waals surface area contributed by atoms with Crippen molar-refractivity contribution in [1.82, 2.24) is 5.32 Å². The van der Waals surface area contributed by atoms with E-state index in [4.69, 9.17) is 5.73 Å². The predicted molar refractivity (Wildman–Crippen MR) is 80.3 cm³/mol. The zero-order valence-corrected chi connectivity index (χ0v) is 12.1. The lowest BCUT2D eigenvalue weighted by atomic mass is 10.1. The van der Waals surface area contributed by atoms with Crippen LogP contribution in [0.1, 0.15) is 25.8 Å². The second kappa shape index (κ2) is 7.79. The molecule has 0 heterocycles. The van der Waals surface area contributed by atoms with Crippen molar-refractivity contribution in [3.63, 3.8) is 0 Å². The van der Waals surface area contributed by atoms with Crippen molar-refractivity contribution < 1.29 is 4.79 Å². The van der Waals surface area contributed by atoms with E-state index >= 15 is 0 Å². The molecular weight excluding hydrogens is 238 g/mol. The summed E-state index contributed by atoms with van der Waals surface area (Å²) in [7, 11) is 0. The number of hydrogen-bond donors (Lipinski definition) is 2. The van der Waals surface area contributed by atoms with E-state index in [1.165, 1.54) is 11.3 Å². The van der Waals surface area contributed by atoms with Crippen LogP contribution in [0.25, 0.3) is 0 Å². The number of primary amides is 1. The molecule has 1 aromatic rings. The molecule has 0 aliphatic carbocycles. The first-order chi connectivity index (χ1) is 9.08. The average molecular weight is 263 g/mol. The lowest BCUT2D eigenvalue weighted by Gasteiger charge is -2.25. The number of amides is 1. The highest BCUT2D eigenvalue weighted by Gasteiger charge is 2.15. The number of nitrogens with one attached hydrogen (secondary N) is 1. The molecule has 0 aliphatic heterocycles. The number of benzene rings is 1. The van der Waals surface area contributed by atoms with Gasteiger partial charge in [0.25, 0.3) is 0 Å². The maximum absolute atomic E-state index is 11.3. The van der Waals surface area contributed by atoms with E-state index in [-0.39, 0.29) is 11.9 Å². The minimum absolute atomic E-state index is 0.246. The minimum atomic E-state index is -0.276. The number of hydrogen-bond acceptors (Lipinski definition) is 3. The van der Waals surface area contributed by atoms with E-state index in [1.54, 1.807) is 0 Å². The lowest BCUT2D eigenvalue weighted by molar-refractivity contribution is -0.120. The smallest absolute Gasteiger partial charge is 0.234 e. The Morgan fingerprint density at radius 3 is 2.42 bits per heavy atom. The highest BCUT2D eigenvalue weighted by atomic mass is 16.1. The number of carbonyl (C=O) groups is 1. The molecule has 1 rings (SSSR count). The standard InChI is InChI=1S/C15H25N3O/c1-4-17-14(15(16)19)10-11-18(5-2)13-8-6-12(3)7-9-13/h6-9,14,17H,4-5,10-11H2,1-3H3,(H2,16,19). The molecule has 1 atom stereocenters. The monoisotopic (exact) mass is 263 g/mol. The molecule has 19 heavy (non-hydrogen) atoms. The van der Waals surface area contributed by atoms with E-state index in [0.717, 1.165) is 26.1 Å². The molecule has 0 saturated heterocycles. The zero-order valence-electron chi connectivity index (χ0n) is 12.1. The van der Waals surface area contributed by atoms with Crippen LogP contribution in [0.15, 0.2) is 24.3 Å². The van der Waals surface area contributed by atoms with Gasteiger partial charge < -0.3 is 16.0 Å². The molecule has 0 spiro atoms. The van der Waals surface area contributed by atoms with Gasteiger partial charge in [0, 0.05) is 18.8 Å². The molecule has 0 aromatic heterocycles. The fourth-order valence-corrected chi connectivity index (χ4v) is 2.10. The molecule has 1 aromatic carbocycles. The van der Waals surface area contributed by atoms with Crippen LogP contribution in [0.2, 0.25) is 0 Å². The Kier molecular flexibility index (Phi) is 6.36. The SMILES string of the molecule is CCNC(CCN(CC)c1ccc(C)cc1)C(N)=O. The van der Waals surface area contributed by atoms with Crippen LogP contribution in [0, 0.1) is 6.92 Å². The molecular formula is C15H25N3O. The molecule has 106 valence electrons. The molecule has 3 N–H and O–H groups in total. The Balaban J connectivity index is 2.61. The van der Waals surface area contributed by atoms with Crippen molar-refractivity contribution >= 4 is 11.6 Å². The summed E-state index contributed by atoms with van der Waals surface area (Å²) < 4.78 is 0. The van der Waals surface area contributed by atoms with E-state index < -0.39 is 0 Å². The molecule has 4 heteroatoms. The van der Waals surface area contributed by atoms with Crippen molar-refractivity contribution in [3.05, 3.63) is 29.8 Å². The maximum atomic E-state index is 11.3. The van der Waals surface area contributed by atoms with Crippen LogP contribution in [-0.4, -0.2) is 31.6 Å². The molecule has 1 unspecified atom stereocenters. The summed E-state index contributed by atoms with van der Waals surface area (Å²) in [6.07, 6.45) is 0.727. The Hall–Kier alpha value is -1.55. The summed E-state index contributed by atoms with van der Waals surface area (Å²) >= 11 is 0. The van der Waals surface area contributed by atoms with Crippen molar-refractivity contribution in [2.75, 3.05) is 24.5 Å². The first kappa shape index (κ1) is 15.5. The van der Waals surface area contributed by atoms with Crippen LogP contribution >= 0.6 is 0 Å². The van der Waals surface area contributed by atoms with E-state index in [0.29, 0.717) is 0 Å². The highest BCUT2D eigenvalue weighted by molar-refractivity contribution is 5.79. The number of nitrogens with two attached hydrogens (primary N) is 1. The second-order valence-electron chi connectivity index (χ2n) is 4.72. The van der Waals surface area contributed by atoms with E-state index in [2.05, 4.69) is 48.3 Å². The summed E-state index contributed by atoms with van der Waals surface area (Å²) in [4.78, 5) is 13.6. The van der Waals surface area contributed by atoms with Gasteiger partial charge in [0.05, 0.1) is 6.04 Å². The van der Waals surface area contributed by atoms with Crippen LogP contribution in [-0.2, 0) is 4.79 Å². The number of aryl methyl sites for hydroxylation is 1. The third-order valence-electron chi connectivity index (χ3n) is 3.26. The van der Waals surface area contributed by atoms with Gasteiger partial charge in [-0.05, 0) is 38.9 Å². The second-order valence-corrected chi connectivity index (χ2v) is 4.72. The number of rotatable bonds is 8. The summed E-state index contributed by atoms with van der Waals surface area (Å²) in [6, 6.07) is 8.20. The largest absolute Gasteiger partial charge is 0.372 e. The molecule has 0 fully saturated rings. The third kappa shape index (κ3) is 4.91. The molecule has 0 aliphatic rings. The molecule has 0 radical (unpaired) electrons. The van der Waals surface area contributed by atoms with Crippen molar-refractivity contribution in [1.29, 1.82) is 0 Å². The average Bonchev–Trinajstić information content (AvgIpc) is 2.39. The van der Waals surface area contributed by atoms with Gasteiger partial charge in [-0.3, -0.25) is 4.79 Å². The zero-order chi connectivity index (χ0) is 14.3. The topological polar surface area (TPSA) is 58.4 Å². The number of likely N-dealkylation sites (N-methyl/N-ethyl adjacent to an activating group) is 1. The highest BCUT2D eigenvalue weighted by Crippen LogP contribution is 2.15. The van der Waals surface area contributed by atoms with Crippen molar-refractivity contribution in [2.45, 2.75) is 33.2 Å². The van der Waals surface area contributed by atoms with Crippen LogP contribution in [0.3, 0.4) is 0 Å². The Bertz CT molecular complexity index is 389. The summed E-state index contributed by atoms with van der Waals surface area (Å²) in [5, 5.41) is 3.12. The minimum Gasteiger partial charge on any atom is -0.372 e. The van der Waals surface area contributed by atoms with Gasteiger partial charge in [-0.2, -0.15) is 0 Å². The van der Waals surface area contributed by atoms with Crippen molar-refractivity contribution in [2.24, 2.45) is 5.73 Å². The lowest BCUT2D eigenvalue weighted by Crippen LogP contribution is -2.43. The van der Waals surface area contributed by atoms with Gasteiger partial charge in [0.1, 0.15) is 0 Å². The van der Waals surface area contributed by atoms with E-state index in [1.807, 2.05) is 6.92 Å². The summed E-state index contributed by atoms with van der Waals surface area (Å²) in [6.45, 7) is 8.67. The Labute approximate surface area is 116 Å². The number of nitrogens with zero attached hydrogens (tertiary/aromatic N) is 1. The predicted octanol–water partition coefficient (Wildman–Crippen LogP) is 1.67. The van der Waals surface area contributed by atoms with Gasteiger partial charge in [-0.25, -0.2) is 0 Å². The summed E-state index contributed by atoms with van der Waals surface area (Å²) in [5.41, 5.74) is 7.83. The van der Waals surface area contributed by atoms with Gasteiger partial charge in [-0.1, -0.05) is 24.6 Å².